The van der Waals surface area contributed by atoms with Gasteiger partial charge in [0.25, 0.3) is 0 Å². The van der Waals surface area contributed by atoms with Crippen LogP contribution in [-0.2, 0) is 24.9 Å². The quantitative estimate of drug-likeness (QED) is 0.744. The van der Waals surface area contributed by atoms with E-state index in [-0.39, 0.29) is 0 Å². The van der Waals surface area contributed by atoms with Crippen LogP contribution in [0.1, 0.15) is 35.7 Å². The average Bonchev–Trinajstić information content (AvgIpc) is 2.78. The average molecular weight is 207 g/mol. The second kappa shape index (κ2) is 3.61. The number of nitrogens with one attached hydrogen (secondary N) is 1. The molecule has 1 aromatic rings. The Kier molecular flexibility index (Phi) is 2.25. The van der Waals surface area contributed by atoms with Crippen LogP contribution in [0.4, 0.5) is 0 Å². The largest absolute Gasteiger partial charge is 0.381 e. The van der Waals surface area contributed by atoms with Crippen molar-refractivity contribution in [3.8, 4) is 0 Å². The number of aromatic nitrogens is 2. The van der Waals surface area contributed by atoms with E-state index in [1.165, 1.54) is 29.8 Å². The van der Waals surface area contributed by atoms with Crippen molar-refractivity contribution < 1.29 is 4.74 Å². The van der Waals surface area contributed by atoms with E-state index in [2.05, 4.69) is 22.1 Å². The van der Waals surface area contributed by atoms with Gasteiger partial charge in [0.1, 0.15) is 0 Å². The number of hydrogen-bond donors (Lipinski definition) is 1. The van der Waals surface area contributed by atoms with Crippen LogP contribution in [0, 0.1) is 0 Å². The minimum absolute atomic E-state index is 0.555. The van der Waals surface area contributed by atoms with E-state index in [0.717, 1.165) is 26.3 Å². The molecule has 3 heterocycles. The molecule has 2 aliphatic rings. The Morgan fingerprint density at radius 1 is 1.47 bits per heavy atom. The van der Waals surface area contributed by atoms with Gasteiger partial charge in [-0.2, -0.15) is 5.10 Å². The molecule has 0 spiro atoms. The van der Waals surface area contributed by atoms with Crippen molar-refractivity contribution in [2.75, 3.05) is 13.2 Å². The summed E-state index contributed by atoms with van der Waals surface area (Å²) < 4.78 is 7.62. The van der Waals surface area contributed by atoms with Crippen LogP contribution in [0.5, 0.6) is 0 Å². The molecule has 82 valence electrons. The highest BCUT2D eigenvalue weighted by Gasteiger charge is 2.27. The first-order valence-corrected chi connectivity index (χ1v) is 5.69. The van der Waals surface area contributed by atoms with Crippen LogP contribution in [0.25, 0.3) is 0 Å². The fourth-order valence-corrected chi connectivity index (χ4v) is 2.75. The molecule has 2 aliphatic heterocycles. The van der Waals surface area contributed by atoms with E-state index in [0.29, 0.717) is 5.92 Å². The van der Waals surface area contributed by atoms with Crippen molar-refractivity contribution in [3.05, 3.63) is 17.0 Å². The minimum Gasteiger partial charge on any atom is -0.381 e. The van der Waals surface area contributed by atoms with Gasteiger partial charge in [0.15, 0.2) is 0 Å². The molecule has 1 fully saturated rings. The third-order valence-electron chi connectivity index (χ3n) is 3.42. The van der Waals surface area contributed by atoms with E-state index in [4.69, 9.17) is 4.74 Å². The molecule has 0 saturated carbocycles. The molecule has 0 aromatic carbocycles. The SMILES string of the molecule is Cn1nc2c(c1C1CCCOC1)CNC2. The van der Waals surface area contributed by atoms with E-state index >= 15 is 0 Å². The predicted molar refractivity (Wildman–Crippen MR) is 56.5 cm³/mol. The number of hydrogen-bond acceptors (Lipinski definition) is 3. The number of rotatable bonds is 1. The Labute approximate surface area is 89.6 Å². The van der Waals surface area contributed by atoms with E-state index in [1.807, 2.05) is 0 Å². The fourth-order valence-electron chi connectivity index (χ4n) is 2.75. The van der Waals surface area contributed by atoms with Crippen LogP contribution in [-0.4, -0.2) is 23.0 Å². The molecule has 0 radical (unpaired) electrons. The lowest BCUT2D eigenvalue weighted by atomic mass is 9.95. The van der Waals surface area contributed by atoms with Crippen molar-refractivity contribution in [3.63, 3.8) is 0 Å². The molecule has 0 aliphatic carbocycles. The lowest BCUT2D eigenvalue weighted by Gasteiger charge is -2.23. The summed E-state index contributed by atoms with van der Waals surface area (Å²) in [7, 11) is 2.06. The number of ether oxygens (including phenoxy) is 1. The predicted octanol–water partition coefficient (Wildman–Crippen LogP) is 0.917. The molecule has 1 unspecified atom stereocenters. The third kappa shape index (κ3) is 1.48. The molecule has 0 bridgehead atoms. The van der Waals surface area contributed by atoms with Crippen molar-refractivity contribution >= 4 is 0 Å². The molecule has 4 nitrogen and oxygen atoms in total. The van der Waals surface area contributed by atoms with Crippen molar-refractivity contribution in [2.45, 2.75) is 31.8 Å². The summed E-state index contributed by atoms with van der Waals surface area (Å²) in [5, 5.41) is 7.92. The van der Waals surface area contributed by atoms with Gasteiger partial charge in [0.2, 0.25) is 0 Å². The Bertz CT molecular complexity index is 366. The zero-order valence-electron chi connectivity index (χ0n) is 9.12. The fraction of sp³-hybridized carbons (Fsp3) is 0.727. The van der Waals surface area contributed by atoms with Crippen LogP contribution < -0.4 is 5.32 Å². The van der Waals surface area contributed by atoms with Crippen LogP contribution in [0.3, 0.4) is 0 Å². The number of aryl methyl sites for hydroxylation is 1. The van der Waals surface area contributed by atoms with Crippen LogP contribution >= 0.6 is 0 Å². The summed E-state index contributed by atoms with van der Waals surface area (Å²) in [4.78, 5) is 0. The first-order valence-electron chi connectivity index (χ1n) is 5.69. The zero-order valence-corrected chi connectivity index (χ0v) is 9.12. The van der Waals surface area contributed by atoms with Crippen molar-refractivity contribution in [1.82, 2.24) is 15.1 Å². The molecule has 3 rings (SSSR count). The Balaban J connectivity index is 1.95. The first kappa shape index (κ1) is 9.36. The highest BCUT2D eigenvalue weighted by atomic mass is 16.5. The Morgan fingerprint density at radius 2 is 2.40 bits per heavy atom. The third-order valence-corrected chi connectivity index (χ3v) is 3.42. The maximum absolute atomic E-state index is 5.56. The zero-order chi connectivity index (χ0) is 10.3. The molecule has 0 amide bonds. The monoisotopic (exact) mass is 207 g/mol. The standard InChI is InChI=1S/C11H17N3O/c1-14-11(8-3-2-4-15-7-8)9-5-12-6-10(9)13-14/h8,12H,2-7H2,1H3. The smallest absolute Gasteiger partial charge is 0.0810 e. The van der Waals surface area contributed by atoms with Gasteiger partial charge in [-0.25, -0.2) is 0 Å². The summed E-state index contributed by atoms with van der Waals surface area (Å²) in [6.45, 7) is 3.70. The lowest BCUT2D eigenvalue weighted by Crippen LogP contribution is -2.20. The van der Waals surface area contributed by atoms with Gasteiger partial charge in [-0.3, -0.25) is 4.68 Å². The molecule has 1 saturated heterocycles. The summed E-state index contributed by atoms with van der Waals surface area (Å²) in [5.41, 5.74) is 4.06. The molecular formula is C11H17N3O. The maximum atomic E-state index is 5.56. The van der Waals surface area contributed by atoms with Crippen LogP contribution in [0.15, 0.2) is 0 Å². The van der Waals surface area contributed by atoms with Gasteiger partial charge in [-0.05, 0) is 12.8 Å². The summed E-state index contributed by atoms with van der Waals surface area (Å²) in [6, 6.07) is 0. The lowest BCUT2D eigenvalue weighted by molar-refractivity contribution is 0.0779. The van der Waals surface area contributed by atoms with Crippen LogP contribution in [0.2, 0.25) is 0 Å². The van der Waals surface area contributed by atoms with Gasteiger partial charge in [0, 0.05) is 43.9 Å². The molecule has 1 atom stereocenters. The second-order valence-corrected chi connectivity index (χ2v) is 4.45. The van der Waals surface area contributed by atoms with E-state index in [9.17, 15) is 0 Å². The summed E-state index contributed by atoms with van der Waals surface area (Å²) >= 11 is 0. The summed E-state index contributed by atoms with van der Waals surface area (Å²) in [5.74, 6) is 0.555. The summed E-state index contributed by atoms with van der Waals surface area (Å²) in [6.07, 6.45) is 2.42. The highest BCUT2D eigenvalue weighted by Crippen LogP contribution is 2.31. The molecule has 1 aromatic heterocycles. The molecule has 1 N–H and O–H groups in total. The van der Waals surface area contributed by atoms with Gasteiger partial charge in [-0.15, -0.1) is 0 Å². The van der Waals surface area contributed by atoms with Gasteiger partial charge < -0.3 is 10.1 Å². The first-order chi connectivity index (χ1) is 7.36. The minimum atomic E-state index is 0.555. The van der Waals surface area contributed by atoms with Gasteiger partial charge >= 0.3 is 0 Å². The van der Waals surface area contributed by atoms with E-state index in [1.54, 1.807) is 0 Å². The number of fused-ring (bicyclic) bond motifs is 1. The number of nitrogens with zero attached hydrogens (tertiary/aromatic N) is 2. The molecular weight excluding hydrogens is 190 g/mol. The van der Waals surface area contributed by atoms with Gasteiger partial charge in [0.05, 0.1) is 12.3 Å². The highest BCUT2D eigenvalue weighted by molar-refractivity contribution is 5.32. The van der Waals surface area contributed by atoms with Crippen molar-refractivity contribution in [2.24, 2.45) is 7.05 Å². The van der Waals surface area contributed by atoms with E-state index < -0.39 is 0 Å². The molecule has 15 heavy (non-hydrogen) atoms. The topological polar surface area (TPSA) is 39.1 Å². The maximum Gasteiger partial charge on any atom is 0.0810 e. The Morgan fingerprint density at radius 3 is 3.20 bits per heavy atom. The van der Waals surface area contributed by atoms with Gasteiger partial charge in [-0.1, -0.05) is 0 Å². The normalized spacial score (nSPS) is 25.5. The van der Waals surface area contributed by atoms with Crippen molar-refractivity contribution in [1.29, 1.82) is 0 Å². The second-order valence-electron chi connectivity index (χ2n) is 4.45. The molecule has 4 heteroatoms. The Hall–Kier alpha value is -0.870.